The zero-order valence-corrected chi connectivity index (χ0v) is 12.3. The maximum Gasteiger partial charge on any atom is 0.263 e. The first kappa shape index (κ1) is 13.6. The Labute approximate surface area is 114 Å². The molecule has 2 rings (SSSR count). The van der Waals surface area contributed by atoms with Crippen LogP contribution in [0.4, 0.5) is 0 Å². The van der Waals surface area contributed by atoms with E-state index >= 15 is 0 Å². The molecule has 1 aromatic rings. The molecule has 0 atom stereocenters. The van der Waals surface area contributed by atoms with Crippen molar-refractivity contribution in [3.05, 3.63) is 21.4 Å². The van der Waals surface area contributed by atoms with Gasteiger partial charge in [0.25, 0.3) is 5.91 Å². The summed E-state index contributed by atoms with van der Waals surface area (Å²) in [5.41, 5.74) is 1.38. The van der Waals surface area contributed by atoms with E-state index in [0.717, 1.165) is 37.2 Å². The van der Waals surface area contributed by atoms with Crippen molar-refractivity contribution in [3.8, 4) is 0 Å². The summed E-state index contributed by atoms with van der Waals surface area (Å²) in [6.45, 7) is 6.27. The molecular weight excluding hydrogens is 242 g/mol. The topological polar surface area (TPSA) is 20.3 Å². The number of amides is 1. The number of carbonyl (C=O) groups is 1. The van der Waals surface area contributed by atoms with Crippen LogP contribution >= 0.6 is 11.3 Å². The summed E-state index contributed by atoms with van der Waals surface area (Å²) in [5.74, 6) is 0.261. The fourth-order valence-corrected chi connectivity index (χ4v) is 3.89. The molecule has 0 unspecified atom stereocenters. The van der Waals surface area contributed by atoms with Crippen LogP contribution in [-0.2, 0) is 12.8 Å². The SMILES string of the molecule is CCCc1sc(C(=O)N2CCCCC2)cc1CC. The van der Waals surface area contributed by atoms with Gasteiger partial charge < -0.3 is 4.90 Å². The average molecular weight is 265 g/mol. The van der Waals surface area contributed by atoms with Crippen molar-refractivity contribution in [2.45, 2.75) is 52.4 Å². The second-order valence-electron chi connectivity index (χ2n) is 5.02. The number of carbonyl (C=O) groups excluding carboxylic acids is 1. The highest BCUT2D eigenvalue weighted by Gasteiger charge is 2.21. The lowest BCUT2D eigenvalue weighted by Gasteiger charge is -2.26. The highest BCUT2D eigenvalue weighted by Crippen LogP contribution is 2.26. The van der Waals surface area contributed by atoms with E-state index in [0.29, 0.717) is 0 Å². The summed E-state index contributed by atoms with van der Waals surface area (Å²) in [4.78, 5) is 16.8. The van der Waals surface area contributed by atoms with E-state index in [4.69, 9.17) is 0 Å². The predicted molar refractivity (Wildman–Crippen MR) is 77.4 cm³/mol. The average Bonchev–Trinajstić information content (AvgIpc) is 2.82. The van der Waals surface area contributed by atoms with Crippen LogP contribution in [0, 0.1) is 0 Å². The Bertz CT molecular complexity index is 405. The van der Waals surface area contributed by atoms with E-state index in [1.54, 1.807) is 11.3 Å². The van der Waals surface area contributed by atoms with Crippen molar-refractivity contribution in [3.63, 3.8) is 0 Å². The van der Waals surface area contributed by atoms with Gasteiger partial charge in [0.1, 0.15) is 0 Å². The molecule has 1 saturated heterocycles. The van der Waals surface area contributed by atoms with Crippen LogP contribution < -0.4 is 0 Å². The molecular formula is C15H23NOS. The van der Waals surface area contributed by atoms with Crippen molar-refractivity contribution < 1.29 is 4.79 Å². The van der Waals surface area contributed by atoms with Gasteiger partial charge in [-0.2, -0.15) is 0 Å². The second-order valence-corrected chi connectivity index (χ2v) is 6.15. The van der Waals surface area contributed by atoms with Gasteiger partial charge in [-0.15, -0.1) is 11.3 Å². The van der Waals surface area contributed by atoms with E-state index in [-0.39, 0.29) is 5.91 Å². The van der Waals surface area contributed by atoms with Crippen molar-refractivity contribution in [2.24, 2.45) is 0 Å². The van der Waals surface area contributed by atoms with Gasteiger partial charge >= 0.3 is 0 Å². The summed E-state index contributed by atoms with van der Waals surface area (Å²) in [7, 11) is 0. The smallest absolute Gasteiger partial charge is 0.263 e. The minimum Gasteiger partial charge on any atom is -0.338 e. The van der Waals surface area contributed by atoms with Crippen LogP contribution in [0.15, 0.2) is 6.07 Å². The minimum absolute atomic E-state index is 0.261. The number of aryl methyl sites for hydroxylation is 2. The monoisotopic (exact) mass is 265 g/mol. The summed E-state index contributed by atoms with van der Waals surface area (Å²) in [6.07, 6.45) is 6.92. The molecule has 0 radical (unpaired) electrons. The highest BCUT2D eigenvalue weighted by molar-refractivity contribution is 7.14. The van der Waals surface area contributed by atoms with Gasteiger partial charge in [0.15, 0.2) is 0 Å². The fourth-order valence-electron chi connectivity index (χ4n) is 2.56. The highest BCUT2D eigenvalue weighted by atomic mass is 32.1. The molecule has 0 aromatic carbocycles. The van der Waals surface area contributed by atoms with Gasteiger partial charge in [0, 0.05) is 18.0 Å². The molecule has 0 spiro atoms. The van der Waals surface area contributed by atoms with Gasteiger partial charge in [0.05, 0.1) is 4.88 Å². The normalized spacial score (nSPS) is 16.0. The van der Waals surface area contributed by atoms with E-state index in [2.05, 4.69) is 19.9 Å². The first-order valence-corrected chi connectivity index (χ1v) is 7.98. The molecule has 0 N–H and O–H groups in total. The first-order chi connectivity index (χ1) is 8.76. The fraction of sp³-hybridized carbons (Fsp3) is 0.667. The third-order valence-electron chi connectivity index (χ3n) is 3.61. The Kier molecular flexibility index (Phi) is 4.81. The molecule has 0 saturated carbocycles. The Balaban J connectivity index is 2.14. The molecule has 18 heavy (non-hydrogen) atoms. The molecule has 0 aliphatic carbocycles. The number of rotatable bonds is 4. The van der Waals surface area contributed by atoms with Gasteiger partial charge in [0.2, 0.25) is 0 Å². The van der Waals surface area contributed by atoms with Gasteiger partial charge in [-0.25, -0.2) is 0 Å². The molecule has 1 fully saturated rings. The van der Waals surface area contributed by atoms with Crippen molar-refractivity contribution in [2.75, 3.05) is 13.1 Å². The van der Waals surface area contributed by atoms with E-state index in [1.807, 2.05) is 4.90 Å². The number of hydrogen-bond acceptors (Lipinski definition) is 2. The maximum atomic E-state index is 12.4. The molecule has 0 bridgehead atoms. The second kappa shape index (κ2) is 6.37. The Morgan fingerprint density at radius 1 is 1.28 bits per heavy atom. The van der Waals surface area contributed by atoms with Crippen LogP contribution in [-0.4, -0.2) is 23.9 Å². The third-order valence-corrected chi connectivity index (χ3v) is 4.83. The molecule has 2 nitrogen and oxygen atoms in total. The number of thiophene rings is 1. The molecule has 1 amide bonds. The van der Waals surface area contributed by atoms with Gasteiger partial charge in [-0.3, -0.25) is 4.79 Å². The Morgan fingerprint density at radius 2 is 2.00 bits per heavy atom. The first-order valence-electron chi connectivity index (χ1n) is 7.17. The van der Waals surface area contributed by atoms with E-state index in [1.165, 1.54) is 29.7 Å². The van der Waals surface area contributed by atoms with Crippen LogP contribution in [0.25, 0.3) is 0 Å². The molecule has 1 aliphatic rings. The molecule has 100 valence electrons. The van der Waals surface area contributed by atoms with E-state index < -0.39 is 0 Å². The molecule has 1 aromatic heterocycles. The van der Waals surface area contributed by atoms with Crippen LogP contribution in [0.1, 0.15) is 59.6 Å². The van der Waals surface area contributed by atoms with Crippen LogP contribution in [0.2, 0.25) is 0 Å². The molecule has 3 heteroatoms. The predicted octanol–water partition coefficient (Wildman–Crippen LogP) is 3.89. The number of nitrogens with zero attached hydrogens (tertiary/aromatic N) is 1. The van der Waals surface area contributed by atoms with Crippen molar-refractivity contribution in [1.29, 1.82) is 0 Å². The lowest BCUT2D eigenvalue weighted by Crippen LogP contribution is -2.35. The Morgan fingerprint density at radius 3 is 2.61 bits per heavy atom. The molecule has 2 heterocycles. The summed E-state index contributed by atoms with van der Waals surface area (Å²) in [6, 6.07) is 2.13. The summed E-state index contributed by atoms with van der Waals surface area (Å²) in [5, 5.41) is 0. The third kappa shape index (κ3) is 2.94. The summed E-state index contributed by atoms with van der Waals surface area (Å²) >= 11 is 1.72. The van der Waals surface area contributed by atoms with Crippen LogP contribution in [0.3, 0.4) is 0 Å². The largest absolute Gasteiger partial charge is 0.338 e. The standard InChI is InChI=1S/C15H23NOS/c1-3-8-13-12(4-2)11-14(18-13)15(17)16-9-6-5-7-10-16/h11H,3-10H2,1-2H3. The van der Waals surface area contributed by atoms with Gasteiger partial charge in [-0.05, 0) is 43.7 Å². The van der Waals surface area contributed by atoms with Crippen molar-refractivity contribution >= 4 is 17.2 Å². The minimum atomic E-state index is 0.261. The zero-order valence-electron chi connectivity index (χ0n) is 11.5. The summed E-state index contributed by atoms with van der Waals surface area (Å²) < 4.78 is 0. The van der Waals surface area contributed by atoms with Crippen LogP contribution in [0.5, 0.6) is 0 Å². The van der Waals surface area contributed by atoms with Gasteiger partial charge in [-0.1, -0.05) is 20.3 Å². The maximum absolute atomic E-state index is 12.4. The number of likely N-dealkylation sites (tertiary alicyclic amines) is 1. The Hall–Kier alpha value is -0.830. The lowest BCUT2D eigenvalue weighted by molar-refractivity contribution is 0.0729. The zero-order chi connectivity index (χ0) is 13.0. The number of piperidine rings is 1. The van der Waals surface area contributed by atoms with Crippen molar-refractivity contribution in [1.82, 2.24) is 4.90 Å². The lowest BCUT2D eigenvalue weighted by atomic mass is 10.1. The quantitative estimate of drug-likeness (QED) is 0.809. The molecule has 1 aliphatic heterocycles. The van der Waals surface area contributed by atoms with E-state index in [9.17, 15) is 4.79 Å². The number of hydrogen-bond donors (Lipinski definition) is 0.